The largest absolute Gasteiger partial charge is 0.489 e. The smallest absolute Gasteiger partial charge is 0.344 e. The van der Waals surface area contributed by atoms with E-state index in [1.807, 2.05) is 79.7 Å². The summed E-state index contributed by atoms with van der Waals surface area (Å²) in [6.07, 6.45) is 6.83. The molecule has 340 valence electrons. The Morgan fingerprint density at radius 1 is 0.565 bits per heavy atom. The van der Waals surface area contributed by atoms with Crippen LogP contribution in [0.4, 0.5) is 0 Å². The van der Waals surface area contributed by atoms with E-state index in [9.17, 15) is 14.2 Å². The molecule has 16 nitrogen and oxygen atoms in total. The number of hydrogen-bond donors (Lipinski definition) is 1. The highest BCUT2D eigenvalue weighted by atomic mass is 31.2. The van der Waals surface area contributed by atoms with Crippen LogP contribution < -0.4 is 18.9 Å². The number of nitrogens with zero attached hydrogens (tertiary/aromatic N) is 2. The summed E-state index contributed by atoms with van der Waals surface area (Å²) >= 11 is 0. The Morgan fingerprint density at radius 2 is 1.00 bits per heavy atom. The van der Waals surface area contributed by atoms with Gasteiger partial charge in [-0.25, -0.2) is 14.2 Å². The number of carbonyl (C=O) groups is 2. The fourth-order valence-corrected chi connectivity index (χ4v) is 6.50. The van der Waals surface area contributed by atoms with Crippen molar-refractivity contribution in [2.45, 2.75) is 88.7 Å². The molecule has 0 saturated carbocycles. The maximum atomic E-state index is 11.5. The Bertz CT molecular complexity index is 1900. The van der Waals surface area contributed by atoms with Gasteiger partial charge in [-0.2, -0.15) is 0 Å². The molecule has 2 aromatic carbocycles. The van der Waals surface area contributed by atoms with Gasteiger partial charge in [0, 0.05) is 49.1 Å². The monoisotopic (exact) mass is 902 g/mol. The van der Waals surface area contributed by atoms with Gasteiger partial charge < -0.3 is 47.1 Å². The predicted molar refractivity (Wildman–Crippen MR) is 234 cm³/mol. The van der Waals surface area contributed by atoms with Gasteiger partial charge in [-0.15, -0.1) is 0 Å². The van der Waals surface area contributed by atoms with Crippen molar-refractivity contribution in [3.05, 3.63) is 106 Å². The predicted octanol–water partition coefficient (Wildman–Crippen LogP) is 9.54. The molecule has 0 radical (unpaired) electrons. The van der Waals surface area contributed by atoms with Crippen molar-refractivity contribution in [1.82, 2.24) is 9.97 Å². The quantitative estimate of drug-likeness (QED) is 0.0488. The lowest BCUT2D eigenvalue weighted by molar-refractivity contribution is -0.145. The van der Waals surface area contributed by atoms with Crippen molar-refractivity contribution in [2.75, 3.05) is 46.2 Å². The Labute approximate surface area is 367 Å². The number of carbonyl (C=O) groups excluding carboxylic acids is 1. The van der Waals surface area contributed by atoms with E-state index in [-0.39, 0.29) is 28.5 Å². The van der Waals surface area contributed by atoms with E-state index in [1.165, 1.54) is 0 Å². The number of hydrogen-bond acceptors (Lipinski definition) is 15. The Balaban J connectivity index is 0.000000393. The second-order valence-corrected chi connectivity index (χ2v) is 14.6. The van der Waals surface area contributed by atoms with Crippen molar-refractivity contribution in [2.24, 2.45) is 0 Å². The van der Waals surface area contributed by atoms with Gasteiger partial charge in [-0.1, -0.05) is 0 Å². The van der Waals surface area contributed by atoms with Crippen LogP contribution in [0.5, 0.6) is 23.0 Å². The molecule has 0 spiro atoms. The molecule has 18 heteroatoms. The number of benzene rings is 2. The molecule has 0 saturated heterocycles. The zero-order valence-corrected chi connectivity index (χ0v) is 38.9. The number of rotatable bonds is 25. The molecular formula is C44H60N2O14P2. The summed E-state index contributed by atoms with van der Waals surface area (Å²) in [6, 6.07) is 11.2. The molecule has 0 aliphatic rings. The van der Waals surface area contributed by atoms with Crippen molar-refractivity contribution in [3.63, 3.8) is 0 Å². The minimum absolute atomic E-state index is 0.120. The van der Waals surface area contributed by atoms with Crippen LogP contribution in [-0.4, -0.2) is 73.3 Å². The zero-order valence-electron chi connectivity index (χ0n) is 37.1. The molecule has 0 fully saturated rings. The number of carboxylic acid groups (broad SMARTS) is 1. The molecule has 1 N–H and O–H groups in total. The lowest BCUT2D eigenvalue weighted by Gasteiger charge is -2.15. The van der Waals surface area contributed by atoms with Crippen LogP contribution in [0.2, 0.25) is 0 Å². The summed E-state index contributed by atoms with van der Waals surface area (Å²) in [7, 11) is -1.73. The first-order valence-electron chi connectivity index (χ1n) is 20.0. The second-order valence-electron chi connectivity index (χ2n) is 13.0. The van der Waals surface area contributed by atoms with Gasteiger partial charge in [0.2, 0.25) is 0 Å². The van der Waals surface area contributed by atoms with Crippen LogP contribution in [0.3, 0.4) is 0 Å². The van der Waals surface area contributed by atoms with E-state index < -0.39 is 20.5 Å². The lowest BCUT2D eigenvalue weighted by Crippen LogP contribution is -2.15. The van der Waals surface area contributed by atoms with Gasteiger partial charge in [0.25, 0.3) is 0 Å². The highest BCUT2D eigenvalue weighted by Crippen LogP contribution is 2.40. The summed E-state index contributed by atoms with van der Waals surface area (Å²) in [5.41, 5.74) is 6.83. The van der Waals surface area contributed by atoms with Gasteiger partial charge in [0.05, 0.1) is 33.0 Å². The first kappa shape index (κ1) is 53.3. The van der Waals surface area contributed by atoms with Gasteiger partial charge >= 0.3 is 29.2 Å². The van der Waals surface area contributed by atoms with Crippen LogP contribution >= 0.6 is 17.3 Å². The standard InChI is InChI=1S/C23H32NO7P.C17H18NO6P.C4H10O/c1-6-26-22(25)16-28-23-17(4)9-21(10-18(23)5)27-14-19-11-20(13-24-12-19)15-31-32(29-7-2)30-8-3;1-11-3-15(4-12(2)17(11)23-10-16(19)20)22-8-13-5-14(7-18-6-13)9-24-25-21;1-3-5-4-2/h9-13H,6-8,14-16H2,1-5H3;3-7H,8-10H2,1-2H3,(H,19,20);3-4H2,1-2H3. The van der Waals surface area contributed by atoms with Gasteiger partial charge in [0.15, 0.2) is 13.2 Å². The average molecular weight is 903 g/mol. The Hall–Kier alpha value is -4.79. The first-order chi connectivity index (χ1) is 29.9. The number of aryl methyl sites for hydroxylation is 4. The molecule has 62 heavy (non-hydrogen) atoms. The van der Waals surface area contributed by atoms with E-state index >= 15 is 0 Å². The molecule has 0 unspecified atom stereocenters. The van der Waals surface area contributed by atoms with E-state index in [1.54, 1.807) is 43.8 Å². The minimum atomic E-state index is -1.36. The SMILES string of the molecule is CCOC(=O)COc1c(C)cc(OCc2cncc(COP(OCC)OCC)c2)cc1C.CCOCC.Cc1cc(OCc2cncc(COP=O)c2)cc(C)c1OCC(=O)O. The number of pyridine rings is 2. The molecule has 4 rings (SSSR count). The zero-order chi connectivity index (χ0) is 45.7. The number of carboxylic acids is 1. The highest BCUT2D eigenvalue weighted by Gasteiger charge is 2.14. The third kappa shape index (κ3) is 21.3. The lowest BCUT2D eigenvalue weighted by atomic mass is 10.1. The van der Waals surface area contributed by atoms with E-state index in [0.29, 0.717) is 62.6 Å². The van der Waals surface area contributed by atoms with Gasteiger partial charge in [0.1, 0.15) is 36.2 Å². The number of esters is 1. The van der Waals surface area contributed by atoms with Crippen molar-refractivity contribution in [3.8, 4) is 23.0 Å². The molecule has 0 aliphatic heterocycles. The molecular weight excluding hydrogens is 842 g/mol. The Morgan fingerprint density at radius 3 is 1.39 bits per heavy atom. The minimum Gasteiger partial charge on any atom is -0.489 e. The summed E-state index contributed by atoms with van der Waals surface area (Å²) < 4.78 is 64.2. The maximum absolute atomic E-state index is 11.5. The topological polar surface area (TPSA) is 190 Å². The van der Waals surface area contributed by atoms with Crippen LogP contribution in [0.25, 0.3) is 0 Å². The normalized spacial score (nSPS) is 10.6. The van der Waals surface area contributed by atoms with Crippen LogP contribution in [-0.2, 0) is 68.2 Å². The highest BCUT2D eigenvalue weighted by molar-refractivity contribution is 7.41. The molecule has 0 amide bonds. The number of aliphatic carboxylic acids is 1. The third-order valence-electron chi connectivity index (χ3n) is 7.86. The third-order valence-corrected chi connectivity index (χ3v) is 9.37. The molecule has 0 aliphatic carbocycles. The van der Waals surface area contributed by atoms with Crippen LogP contribution in [0.15, 0.2) is 61.2 Å². The molecule has 2 heterocycles. The van der Waals surface area contributed by atoms with Gasteiger partial charge in [-0.05, 0) is 132 Å². The van der Waals surface area contributed by atoms with E-state index in [4.69, 9.17) is 51.6 Å². The van der Waals surface area contributed by atoms with Crippen LogP contribution in [0, 0.1) is 27.7 Å². The van der Waals surface area contributed by atoms with Crippen molar-refractivity contribution in [1.29, 1.82) is 0 Å². The van der Waals surface area contributed by atoms with Gasteiger partial charge in [-0.3, -0.25) is 14.5 Å². The number of ether oxygens (including phenoxy) is 6. The summed E-state index contributed by atoms with van der Waals surface area (Å²) in [5.74, 6) is 1.16. The summed E-state index contributed by atoms with van der Waals surface area (Å²) in [6.45, 7) is 20.8. The maximum Gasteiger partial charge on any atom is 0.344 e. The second kappa shape index (κ2) is 31.1. The van der Waals surface area contributed by atoms with Crippen LogP contribution in [0.1, 0.15) is 79.1 Å². The summed E-state index contributed by atoms with van der Waals surface area (Å²) in [5, 5.41) is 8.72. The number of aromatic nitrogens is 2. The first-order valence-corrected chi connectivity index (χ1v) is 21.9. The fourth-order valence-electron chi connectivity index (χ4n) is 5.40. The van der Waals surface area contributed by atoms with E-state index in [2.05, 4.69) is 9.97 Å². The molecule has 0 bridgehead atoms. The van der Waals surface area contributed by atoms with Crippen molar-refractivity contribution < 1.29 is 65.8 Å². The Kier molecular flexibility index (Phi) is 26.8. The molecule has 0 atom stereocenters. The van der Waals surface area contributed by atoms with Crippen molar-refractivity contribution >= 4 is 29.2 Å². The molecule has 2 aromatic heterocycles. The molecule has 4 aromatic rings. The fraction of sp³-hybridized carbons (Fsp3) is 0.455. The van der Waals surface area contributed by atoms with E-state index in [0.717, 1.165) is 57.7 Å². The summed E-state index contributed by atoms with van der Waals surface area (Å²) in [4.78, 5) is 30.5. The average Bonchev–Trinajstić information content (AvgIpc) is 3.24.